The zero-order valence-electron chi connectivity index (χ0n) is 15.3. The lowest BCUT2D eigenvalue weighted by atomic mass is 10.1. The Kier molecular flexibility index (Phi) is 7.55. The number of carboxylic acid groups (broad SMARTS) is 1. The second-order valence-electron chi connectivity index (χ2n) is 6.12. The molecule has 0 aromatic heterocycles. The average Bonchev–Trinajstić information content (AvgIpc) is 2.64. The highest BCUT2D eigenvalue weighted by molar-refractivity contribution is 5.68. The molecule has 0 spiro atoms. The van der Waals surface area contributed by atoms with Crippen LogP contribution in [0.3, 0.4) is 0 Å². The molecule has 0 saturated heterocycles. The summed E-state index contributed by atoms with van der Waals surface area (Å²) in [6.45, 7) is 2.09. The number of aliphatic carboxylic acids is 1. The predicted octanol–water partition coefficient (Wildman–Crippen LogP) is 3.72. The van der Waals surface area contributed by atoms with E-state index in [9.17, 15) is 13.6 Å². The van der Waals surface area contributed by atoms with Crippen LogP contribution in [0.4, 0.5) is 8.78 Å². The zero-order valence-corrected chi connectivity index (χ0v) is 15.3. The molecule has 0 aliphatic carbocycles. The fourth-order valence-corrected chi connectivity index (χ4v) is 2.63. The monoisotopic (exact) mass is 379 g/mol. The second kappa shape index (κ2) is 9.87. The highest BCUT2D eigenvalue weighted by Gasteiger charge is 2.10. The fourth-order valence-electron chi connectivity index (χ4n) is 2.63. The Labute approximate surface area is 156 Å². The van der Waals surface area contributed by atoms with E-state index in [1.165, 1.54) is 25.3 Å². The van der Waals surface area contributed by atoms with E-state index in [4.69, 9.17) is 14.6 Å². The van der Waals surface area contributed by atoms with Crippen molar-refractivity contribution in [3.8, 4) is 11.5 Å². The third-order valence-electron chi connectivity index (χ3n) is 4.12. The summed E-state index contributed by atoms with van der Waals surface area (Å²) >= 11 is 0. The van der Waals surface area contributed by atoms with Gasteiger partial charge in [-0.15, -0.1) is 0 Å². The van der Waals surface area contributed by atoms with Crippen LogP contribution in [0, 0.1) is 11.6 Å². The highest BCUT2D eigenvalue weighted by atomic mass is 19.1. The molecule has 146 valence electrons. The van der Waals surface area contributed by atoms with Gasteiger partial charge in [0.15, 0.2) is 29.7 Å². The Morgan fingerprint density at radius 3 is 2.59 bits per heavy atom. The molecule has 0 unspecified atom stereocenters. The van der Waals surface area contributed by atoms with E-state index in [0.717, 1.165) is 17.5 Å². The van der Waals surface area contributed by atoms with Gasteiger partial charge in [-0.3, -0.25) is 0 Å². The van der Waals surface area contributed by atoms with Crippen LogP contribution in [0.5, 0.6) is 11.5 Å². The number of aryl methyl sites for hydroxylation is 1. The van der Waals surface area contributed by atoms with Gasteiger partial charge in [-0.1, -0.05) is 12.1 Å². The molecule has 7 heteroatoms. The highest BCUT2D eigenvalue weighted by Crippen LogP contribution is 2.23. The van der Waals surface area contributed by atoms with Gasteiger partial charge in [0, 0.05) is 6.04 Å². The molecule has 1 atom stereocenters. The molecule has 2 N–H and O–H groups in total. The van der Waals surface area contributed by atoms with Crippen molar-refractivity contribution in [2.24, 2.45) is 0 Å². The van der Waals surface area contributed by atoms with Crippen molar-refractivity contribution in [2.75, 3.05) is 20.3 Å². The van der Waals surface area contributed by atoms with Crippen LogP contribution in [-0.2, 0) is 11.2 Å². The molecule has 5 nitrogen and oxygen atoms in total. The van der Waals surface area contributed by atoms with Gasteiger partial charge in [-0.05, 0) is 61.7 Å². The number of ether oxygens (including phenoxy) is 2. The number of hydrogen-bond donors (Lipinski definition) is 2. The van der Waals surface area contributed by atoms with Crippen LogP contribution >= 0.6 is 0 Å². The first kappa shape index (κ1) is 20.6. The molecule has 0 heterocycles. The largest absolute Gasteiger partial charge is 0.494 e. The molecule has 0 aliphatic heterocycles. The van der Waals surface area contributed by atoms with Crippen LogP contribution < -0.4 is 14.8 Å². The van der Waals surface area contributed by atoms with Crippen molar-refractivity contribution >= 4 is 5.97 Å². The maximum Gasteiger partial charge on any atom is 0.341 e. The van der Waals surface area contributed by atoms with Crippen molar-refractivity contribution in [3.63, 3.8) is 0 Å². The molecule has 0 amide bonds. The zero-order chi connectivity index (χ0) is 19.8. The maximum atomic E-state index is 13.9. The predicted molar refractivity (Wildman–Crippen MR) is 97.2 cm³/mol. The molecule has 0 radical (unpaired) electrons. The van der Waals surface area contributed by atoms with Crippen molar-refractivity contribution < 1.29 is 28.2 Å². The molecule has 2 aromatic rings. The van der Waals surface area contributed by atoms with E-state index >= 15 is 0 Å². The van der Waals surface area contributed by atoms with E-state index in [0.29, 0.717) is 13.0 Å². The number of rotatable bonds is 10. The molecule has 2 rings (SSSR count). The summed E-state index contributed by atoms with van der Waals surface area (Å²) in [6, 6.07) is 9.28. The minimum Gasteiger partial charge on any atom is -0.494 e. The van der Waals surface area contributed by atoms with E-state index in [1.807, 2.05) is 6.92 Å². The van der Waals surface area contributed by atoms with Gasteiger partial charge in [0.2, 0.25) is 0 Å². The van der Waals surface area contributed by atoms with Crippen LogP contribution in [0.25, 0.3) is 0 Å². The summed E-state index contributed by atoms with van der Waals surface area (Å²) in [7, 11) is 1.43. The summed E-state index contributed by atoms with van der Waals surface area (Å²) in [5.41, 5.74) is 1.72. The maximum absolute atomic E-state index is 13.9. The lowest BCUT2D eigenvalue weighted by Crippen LogP contribution is -2.20. The van der Waals surface area contributed by atoms with Gasteiger partial charge in [-0.2, -0.15) is 0 Å². The van der Waals surface area contributed by atoms with Crippen LogP contribution in [-0.4, -0.2) is 31.3 Å². The summed E-state index contributed by atoms with van der Waals surface area (Å²) in [6.07, 6.45) is 1.43. The number of carboxylic acids is 1. The van der Waals surface area contributed by atoms with Crippen molar-refractivity contribution in [1.82, 2.24) is 5.32 Å². The number of hydrogen-bond acceptors (Lipinski definition) is 4. The first-order valence-corrected chi connectivity index (χ1v) is 8.60. The molecule has 0 aliphatic rings. The molecule has 2 aromatic carbocycles. The lowest BCUT2D eigenvalue weighted by Gasteiger charge is -2.15. The number of methoxy groups -OCH3 is 1. The van der Waals surface area contributed by atoms with E-state index in [-0.39, 0.29) is 17.5 Å². The van der Waals surface area contributed by atoms with Gasteiger partial charge in [0.1, 0.15) is 0 Å². The van der Waals surface area contributed by atoms with Gasteiger partial charge in [0.25, 0.3) is 0 Å². The number of nitrogens with one attached hydrogen (secondary N) is 1. The summed E-state index contributed by atoms with van der Waals surface area (Å²) in [5.74, 6) is -1.99. The molecule has 27 heavy (non-hydrogen) atoms. The number of carbonyl (C=O) groups is 1. The number of benzene rings is 2. The van der Waals surface area contributed by atoms with Crippen molar-refractivity contribution in [3.05, 3.63) is 59.2 Å². The smallest absolute Gasteiger partial charge is 0.341 e. The lowest BCUT2D eigenvalue weighted by molar-refractivity contribution is -0.139. The normalized spacial score (nSPS) is 11.9. The average molecular weight is 379 g/mol. The van der Waals surface area contributed by atoms with E-state index < -0.39 is 24.2 Å². The van der Waals surface area contributed by atoms with E-state index in [1.54, 1.807) is 18.2 Å². The van der Waals surface area contributed by atoms with Gasteiger partial charge < -0.3 is 19.9 Å². The molecule has 0 bridgehead atoms. The Hall–Kier alpha value is -2.67. The molecule has 0 fully saturated rings. The van der Waals surface area contributed by atoms with Crippen LogP contribution in [0.2, 0.25) is 0 Å². The second-order valence-corrected chi connectivity index (χ2v) is 6.12. The van der Waals surface area contributed by atoms with Crippen molar-refractivity contribution in [2.45, 2.75) is 25.8 Å². The van der Waals surface area contributed by atoms with E-state index in [2.05, 4.69) is 5.32 Å². The summed E-state index contributed by atoms with van der Waals surface area (Å²) in [4.78, 5) is 10.5. The van der Waals surface area contributed by atoms with Gasteiger partial charge in [0.05, 0.1) is 7.11 Å². The third-order valence-corrected chi connectivity index (χ3v) is 4.12. The van der Waals surface area contributed by atoms with Gasteiger partial charge >= 0.3 is 5.97 Å². The van der Waals surface area contributed by atoms with Crippen LogP contribution in [0.15, 0.2) is 36.4 Å². The number of halogens is 2. The summed E-state index contributed by atoms with van der Waals surface area (Å²) < 4.78 is 37.2. The van der Waals surface area contributed by atoms with Crippen LogP contribution in [0.1, 0.15) is 30.5 Å². The molecule has 0 saturated carbocycles. The minimum absolute atomic E-state index is 0.0167. The van der Waals surface area contributed by atoms with Gasteiger partial charge in [-0.25, -0.2) is 13.6 Å². The topological polar surface area (TPSA) is 67.8 Å². The molecular formula is C20H23F2NO4. The quantitative estimate of drug-likeness (QED) is 0.616. The van der Waals surface area contributed by atoms with Crippen molar-refractivity contribution in [1.29, 1.82) is 0 Å². The third kappa shape index (κ3) is 6.21. The SMILES string of the molecule is COc1cc([C@@H](C)NCCCc2ccc(OCC(=O)O)c(F)c2)ccc1F. The first-order chi connectivity index (χ1) is 12.9. The Bertz CT molecular complexity index is 783. The molecular weight excluding hydrogens is 356 g/mol. The Morgan fingerprint density at radius 1 is 1.15 bits per heavy atom. The Morgan fingerprint density at radius 2 is 1.93 bits per heavy atom. The standard InChI is InChI=1S/C20H23F2NO4/c1-13(15-6-7-16(21)19(11-15)26-2)23-9-3-4-14-5-8-18(17(22)10-14)27-12-20(24)25/h5-8,10-11,13,23H,3-4,9,12H2,1-2H3,(H,24,25)/t13-/m1/s1. The summed E-state index contributed by atoms with van der Waals surface area (Å²) in [5, 5.41) is 11.9. The fraction of sp³-hybridized carbons (Fsp3) is 0.350. The first-order valence-electron chi connectivity index (χ1n) is 8.60. The Balaban J connectivity index is 1.81. The minimum atomic E-state index is -1.16.